The highest BCUT2D eigenvalue weighted by Gasteiger charge is 2.20. The average Bonchev–Trinajstić information content (AvgIpc) is 2.36. The summed E-state index contributed by atoms with van der Waals surface area (Å²) >= 11 is 0. The van der Waals surface area contributed by atoms with Gasteiger partial charge in [-0.15, -0.1) is 0 Å². The lowest BCUT2D eigenvalue weighted by atomic mass is 9.88. The van der Waals surface area contributed by atoms with Crippen molar-refractivity contribution in [2.45, 2.75) is 40.7 Å². The van der Waals surface area contributed by atoms with Crippen LogP contribution >= 0.6 is 0 Å². The van der Waals surface area contributed by atoms with E-state index in [9.17, 15) is 9.50 Å². The van der Waals surface area contributed by atoms with E-state index in [1.165, 1.54) is 6.07 Å². The molecule has 0 fully saturated rings. The van der Waals surface area contributed by atoms with Crippen LogP contribution in [0.25, 0.3) is 0 Å². The predicted molar refractivity (Wildman–Crippen MR) is 80.6 cm³/mol. The second-order valence-corrected chi connectivity index (χ2v) is 5.60. The number of halogens is 1. The Morgan fingerprint density at radius 3 is 1.95 bits per heavy atom. The first kappa shape index (κ1) is 14.7. The molecule has 0 aliphatic rings. The van der Waals surface area contributed by atoms with Crippen LogP contribution in [0.2, 0.25) is 0 Å². The third kappa shape index (κ3) is 2.48. The van der Waals surface area contributed by atoms with Crippen molar-refractivity contribution in [2.75, 3.05) is 0 Å². The lowest BCUT2D eigenvalue weighted by molar-refractivity contribution is 0.213. The van der Waals surface area contributed by atoms with Crippen molar-refractivity contribution in [3.63, 3.8) is 0 Å². The lowest BCUT2D eigenvalue weighted by Gasteiger charge is -2.21. The van der Waals surface area contributed by atoms with Crippen LogP contribution in [0.15, 0.2) is 24.3 Å². The molecule has 0 saturated carbocycles. The van der Waals surface area contributed by atoms with Gasteiger partial charge in [-0.05, 0) is 74.1 Å². The van der Waals surface area contributed by atoms with Gasteiger partial charge in [-0.25, -0.2) is 4.39 Å². The number of aliphatic hydroxyl groups is 1. The minimum absolute atomic E-state index is 0.340. The molecule has 2 rings (SSSR count). The van der Waals surface area contributed by atoms with Gasteiger partial charge in [0, 0.05) is 5.56 Å². The van der Waals surface area contributed by atoms with Gasteiger partial charge in [0.05, 0.1) is 0 Å². The molecule has 2 heteroatoms. The van der Waals surface area contributed by atoms with E-state index in [4.69, 9.17) is 0 Å². The van der Waals surface area contributed by atoms with Crippen molar-refractivity contribution in [1.29, 1.82) is 0 Å². The smallest absolute Gasteiger partial charge is 0.129 e. The minimum atomic E-state index is -0.922. The van der Waals surface area contributed by atoms with E-state index in [2.05, 4.69) is 6.07 Å². The quantitative estimate of drug-likeness (QED) is 0.856. The second kappa shape index (κ2) is 5.37. The molecule has 2 aromatic rings. The maximum atomic E-state index is 14.1. The molecule has 0 saturated heterocycles. The second-order valence-electron chi connectivity index (χ2n) is 5.60. The molecule has 2 aromatic carbocycles. The Kier molecular flexibility index (Phi) is 3.96. The van der Waals surface area contributed by atoms with Gasteiger partial charge in [-0.3, -0.25) is 0 Å². The van der Waals surface area contributed by atoms with Crippen molar-refractivity contribution in [2.24, 2.45) is 0 Å². The summed E-state index contributed by atoms with van der Waals surface area (Å²) in [6.45, 7) is 9.83. The van der Waals surface area contributed by atoms with E-state index >= 15 is 0 Å². The Hall–Kier alpha value is -1.67. The Bertz CT molecular complexity index is 633. The maximum absolute atomic E-state index is 14.1. The van der Waals surface area contributed by atoms with Gasteiger partial charge in [0.25, 0.3) is 0 Å². The molecule has 0 aliphatic carbocycles. The van der Waals surface area contributed by atoms with Crippen LogP contribution in [0.5, 0.6) is 0 Å². The Morgan fingerprint density at radius 1 is 0.900 bits per heavy atom. The van der Waals surface area contributed by atoms with E-state index in [1.807, 2.05) is 40.7 Å². The van der Waals surface area contributed by atoms with Gasteiger partial charge in [0.15, 0.2) is 0 Å². The van der Waals surface area contributed by atoms with E-state index in [0.717, 1.165) is 33.4 Å². The predicted octanol–water partition coefficient (Wildman–Crippen LogP) is 4.45. The molecule has 0 spiro atoms. The molecule has 0 aromatic heterocycles. The van der Waals surface area contributed by atoms with E-state index in [1.54, 1.807) is 6.07 Å². The van der Waals surface area contributed by atoms with E-state index in [0.29, 0.717) is 5.56 Å². The summed E-state index contributed by atoms with van der Waals surface area (Å²) < 4.78 is 14.1. The number of hydrogen-bond acceptors (Lipinski definition) is 1. The van der Waals surface area contributed by atoms with Crippen LogP contribution in [0.4, 0.5) is 4.39 Å². The highest BCUT2D eigenvalue weighted by atomic mass is 19.1. The van der Waals surface area contributed by atoms with Gasteiger partial charge in [0.2, 0.25) is 0 Å². The third-order valence-corrected chi connectivity index (χ3v) is 4.15. The molecule has 106 valence electrons. The fourth-order valence-corrected chi connectivity index (χ4v) is 2.67. The topological polar surface area (TPSA) is 20.2 Å². The summed E-state index contributed by atoms with van der Waals surface area (Å²) in [7, 11) is 0. The molecule has 1 nitrogen and oxygen atoms in total. The number of aryl methyl sites for hydroxylation is 3. The van der Waals surface area contributed by atoms with Crippen molar-refractivity contribution in [3.8, 4) is 0 Å². The molecule has 1 unspecified atom stereocenters. The Balaban J connectivity index is 2.62. The van der Waals surface area contributed by atoms with Gasteiger partial charge < -0.3 is 5.11 Å². The zero-order chi connectivity index (χ0) is 15.0. The summed E-state index contributed by atoms with van der Waals surface area (Å²) in [4.78, 5) is 0. The molecule has 20 heavy (non-hydrogen) atoms. The largest absolute Gasteiger partial charge is 0.384 e. The minimum Gasteiger partial charge on any atom is -0.384 e. The Morgan fingerprint density at radius 2 is 1.45 bits per heavy atom. The number of benzene rings is 2. The van der Waals surface area contributed by atoms with Crippen molar-refractivity contribution in [3.05, 3.63) is 69.0 Å². The first-order chi connectivity index (χ1) is 9.32. The van der Waals surface area contributed by atoms with Crippen LogP contribution in [-0.2, 0) is 0 Å². The van der Waals surface area contributed by atoms with Crippen molar-refractivity contribution >= 4 is 0 Å². The highest BCUT2D eigenvalue weighted by molar-refractivity contribution is 5.48. The van der Waals surface area contributed by atoms with Gasteiger partial charge >= 0.3 is 0 Å². The molecule has 0 aliphatic heterocycles. The van der Waals surface area contributed by atoms with Gasteiger partial charge in [-0.2, -0.15) is 0 Å². The van der Waals surface area contributed by atoms with E-state index in [-0.39, 0.29) is 5.82 Å². The SMILES string of the molecule is Cc1ccc(C(O)c2c(C)c(C)cc(C)c2C)c(F)c1. The van der Waals surface area contributed by atoms with Crippen LogP contribution in [0.3, 0.4) is 0 Å². The summed E-state index contributed by atoms with van der Waals surface area (Å²) in [5.41, 5.74) is 6.31. The summed E-state index contributed by atoms with van der Waals surface area (Å²) in [5.74, 6) is -0.351. The molecule has 1 N–H and O–H groups in total. The standard InChI is InChI=1S/C18H21FO/c1-10-6-7-15(16(19)8-10)18(20)17-13(4)11(2)9-12(3)14(17)5/h6-9,18,20H,1-5H3. The molecule has 0 amide bonds. The summed E-state index contributed by atoms with van der Waals surface area (Å²) in [5, 5.41) is 10.6. The zero-order valence-corrected chi connectivity index (χ0v) is 12.7. The lowest BCUT2D eigenvalue weighted by Crippen LogP contribution is -2.09. The molecular formula is C18H21FO. The molecule has 0 radical (unpaired) electrons. The van der Waals surface area contributed by atoms with Gasteiger partial charge in [0.1, 0.15) is 11.9 Å². The molecule has 0 bridgehead atoms. The first-order valence-corrected chi connectivity index (χ1v) is 6.84. The average molecular weight is 272 g/mol. The molecule has 0 heterocycles. The van der Waals surface area contributed by atoms with Crippen LogP contribution in [-0.4, -0.2) is 5.11 Å². The van der Waals surface area contributed by atoms with Gasteiger partial charge in [-0.1, -0.05) is 18.2 Å². The summed E-state index contributed by atoms with van der Waals surface area (Å²) in [6.07, 6.45) is -0.922. The monoisotopic (exact) mass is 272 g/mol. The normalized spacial score (nSPS) is 12.6. The highest BCUT2D eigenvalue weighted by Crippen LogP contribution is 2.32. The Labute approximate surface area is 120 Å². The zero-order valence-electron chi connectivity index (χ0n) is 12.7. The van der Waals surface area contributed by atoms with Crippen LogP contribution in [0.1, 0.15) is 45.0 Å². The van der Waals surface area contributed by atoms with E-state index < -0.39 is 6.10 Å². The van der Waals surface area contributed by atoms with Crippen LogP contribution in [0, 0.1) is 40.4 Å². The first-order valence-electron chi connectivity index (χ1n) is 6.84. The fourth-order valence-electron chi connectivity index (χ4n) is 2.67. The molecular weight excluding hydrogens is 251 g/mol. The number of rotatable bonds is 2. The number of hydrogen-bond donors (Lipinski definition) is 1. The van der Waals surface area contributed by atoms with Crippen molar-refractivity contribution < 1.29 is 9.50 Å². The van der Waals surface area contributed by atoms with Crippen LogP contribution < -0.4 is 0 Å². The summed E-state index contributed by atoms with van der Waals surface area (Å²) in [6, 6.07) is 7.07. The molecule has 1 atom stereocenters. The number of aliphatic hydroxyl groups excluding tert-OH is 1. The third-order valence-electron chi connectivity index (χ3n) is 4.15. The van der Waals surface area contributed by atoms with Crippen molar-refractivity contribution in [1.82, 2.24) is 0 Å². The maximum Gasteiger partial charge on any atom is 0.129 e. The fraction of sp³-hybridized carbons (Fsp3) is 0.333.